The number of anilines is 1. The summed E-state index contributed by atoms with van der Waals surface area (Å²) in [4.78, 5) is 1.21. The molecule has 156 valence electrons. The number of fused-ring (bicyclic) bond motifs is 1. The number of rotatable bonds is 3. The number of alkyl halides is 3. The summed E-state index contributed by atoms with van der Waals surface area (Å²) in [5.41, 5.74) is -0.676. The highest BCUT2D eigenvalue weighted by molar-refractivity contribution is 5.85. The van der Waals surface area contributed by atoms with Gasteiger partial charge in [-0.1, -0.05) is 12.2 Å². The van der Waals surface area contributed by atoms with Crippen LogP contribution >= 0.6 is 0 Å². The lowest BCUT2D eigenvalue weighted by Gasteiger charge is -2.33. The fraction of sp³-hybridized carbons (Fsp3) is 0.476. The van der Waals surface area contributed by atoms with Crippen LogP contribution < -0.4 is 4.90 Å². The second-order valence-electron chi connectivity index (χ2n) is 8.03. The third-order valence-corrected chi connectivity index (χ3v) is 5.41. The molecule has 0 radical (unpaired) electrons. The minimum absolute atomic E-state index is 0.0774. The predicted octanol–water partition coefficient (Wildman–Crippen LogP) is 4.44. The molecule has 1 aromatic carbocycles. The van der Waals surface area contributed by atoms with Gasteiger partial charge in [0.2, 0.25) is 0 Å². The molecule has 1 saturated heterocycles. The van der Waals surface area contributed by atoms with Crippen LogP contribution in [-0.4, -0.2) is 40.8 Å². The maximum Gasteiger partial charge on any atom is 0.431 e. The summed E-state index contributed by atoms with van der Waals surface area (Å²) in [5.74, 6) is 0. The van der Waals surface area contributed by atoms with Crippen molar-refractivity contribution < 1.29 is 23.0 Å². The van der Waals surface area contributed by atoms with Gasteiger partial charge in [0.15, 0.2) is 0 Å². The fourth-order valence-corrected chi connectivity index (χ4v) is 3.92. The van der Waals surface area contributed by atoms with E-state index in [1.165, 1.54) is 11.0 Å². The first-order valence-corrected chi connectivity index (χ1v) is 9.69. The van der Waals surface area contributed by atoms with E-state index in [0.29, 0.717) is 30.0 Å². The van der Waals surface area contributed by atoms with Gasteiger partial charge in [0.1, 0.15) is 5.70 Å². The van der Waals surface area contributed by atoms with Crippen LogP contribution in [0.25, 0.3) is 10.9 Å². The molecule has 4 rings (SSSR count). The van der Waals surface area contributed by atoms with E-state index in [1.807, 2.05) is 10.9 Å². The summed E-state index contributed by atoms with van der Waals surface area (Å²) in [5, 5.41) is 16.1. The van der Waals surface area contributed by atoms with Crippen LogP contribution in [0.4, 0.5) is 18.9 Å². The van der Waals surface area contributed by atoms with Crippen LogP contribution in [0.3, 0.4) is 0 Å². The third kappa shape index (κ3) is 3.91. The van der Waals surface area contributed by atoms with Crippen LogP contribution in [0.15, 0.2) is 42.3 Å². The van der Waals surface area contributed by atoms with Gasteiger partial charge in [-0.3, -0.25) is 4.68 Å². The van der Waals surface area contributed by atoms with Gasteiger partial charge in [-0.2, -0.15) is 18.3 Å². The number of halogens is 3. The zero-order chi connectivity index (χ0) is 20.8. The molecule has 1 fully saturated rings. The minimum atomic E-state index is -4.50. The minimum Gasteiger partial charge on any atom is -0.386 e. The van der Waals surface area contributed by atoms with Crippen molar-refractivity contribution in [1.82, 2.24) is 9.78 Å². The SMILES string of the molecule is CC(C)(O)c1cc2nn(C3CCOCC3)cc2cc1N1CC=CC=C1C(F)(F)F. The van der Waals surface area contributed by atoms with Crippen LogP contribution in [0.5, 0.6) is 0 Å². The maximum atomic E-state index is 13.6. The smallest absolute Gasteiger partial charge is 0.386 e. The number of nitrogens with zero attached hydrogens (tertiary/aromatic N) is 3. The number of hydrogen-bond donors (Lipinski definition) is 1. The Kier molecular flexibility index (Phi) is 4.94. The number of aromatic nitrogens is 2. The lowest BCUT2D eigenvalue weighted by molar-refractivity contribution is -0.0934. The van der Waals surface area contributed by atoms with Crippen molar-refractivity contribution in [3.8, 4) is 0 Å². The second kappa shape index (κ2) is 7.18. The number of benzene rings is 1. The first-order valence-electron chi connectivity index (χ1n) is 9.69. The summed E-state index contributed by atoms with van der Waals surface area (Å²) in [6, 6.07) is 3.60. The molecule has 5 nitrogen and oxygen atoms in total. The number of aliphatic hydroxyl groups is 1. The zero-order valence-electron chi connectivity index (χ0n) is 16.4. The fourth-order valence-electron chi connectivity index (χ4n) is 3.92. The molecule has 0 amide bonds. The van der Waals surface area contributed by atoms with Crippen molar-refractivity contribution in [3.63, 3.8) is 0 Å². The molecule has 0 saturated carbocycles. The molecule has 1 N–H and O–H groups in total. The van der Waals surface area contributed by atoms with Crippen molar-refractivity contribution in [2.75, 3.05) is 24.7 Å². The molecule has 29 heavy (non-hydrogen) atoms. The Morgan fingerprint density at radius 2 is 1.90 bits per heavy atom. The highest BCUT2D eigenvalue weighted by atomic mass is 19.4. The van der Waals surface area contributed by atoms with Crippen LogP contribution in [0.1, 0.15) is 38.3 Å². The van der Waals surface area contributed by atoms with Crippen LogP contribution in [-0.2, 0) is 10.3 Å². The van der Waals surface area contributed by atoms with Crippen molar-refractivity contribution in [2.45, 2.75) is 44.5 Å². The normalized spacial score (nSPS) is 19.1. The van der Waals surface area contributed by atoms with Crippen molar-refractivity contribution >= 4 is 16.6 Å². The standard InChI is InChI=1S/C21H24F3N3O2/c1-20(2,28)16-12-17-14(13-27(25-17)15-6-9-29-10-7-15)11-18(16)26-8-4-3-5-19(26)21(22,23)24/h3-5,11-13,15,28H,6-10H2,1-2H3. The Bertz CT molecular complexity index is 964. The third-order valence-electron chi connectivity index (χ3n) is 5.41. The van der Waals surface area contributed by atoms with E-state index in [2.05, 4.69) is 5.10 Å². The number of allylic oxidation sites excluding steroid dienone is 3. The summed E-state index contributed by atoms with van der Waals surface area (Å²) in [7, 11) is 0. The lowest BCUT2D eigenvalue weighted by Crippen LogP contribution is -2.35. The molecule has 1 aromatic heterocycles. The molecular formula is C21H24F3N3O2. The molecule has 8 heteroatoms. The molecular weight excluding hydrogens is 383 g/mol. The number of ether oxygens (including phenoxy) is 1. The van der Waals surface area contributed by atoms with Crippen molar-refractivity contribution in [2.24, 2.45) is 0 Å². The first kappa shape index (κ1) is 20.0. The average molecular weight is 407 g/mol. The van der Waals surface area contributed by atoms with Gasteiger partial charge in [-0.15, -0.1) is 0 Å². The quantitative estimate of drug-likeness (QED) is 0.818. The molecule has 0 unspecified atom stereocenters. The van der Waals surface area contributed by atoms with Crippen molar-refractivity contribution in [1.29, 1.82) is 0 Å². The van der Waals surface area contributed by atoms with Gasteiger partial charge >= 0.3 is 6.18 Å². The maximum absolute atomic E-state index is 13.6. The van der Waals surface area contributed by atoms with E-state index in [9.17, 15) is 18.3 Å². The van der Waals surface area contributed by atoms with Crippen LogP contribution in [0.2, 0.25) is 0 Å². The Hall–Kier alpha value is -2.32. The Labute approximate surface area is 167 Å². The second-order valence-corrected chi connectivity index (χ2v) is 8.03. The van der Waals surface area contributed by atoms with E-state index in [1.54, 1.807) is 32.1 Å². The first-order chi connectivity index (χ1) is 13.6. The largest absolute Gasteiger partial charge is 0.431 e. The van der Waals surface area contributed by atoms with E-state index < -0.39 is 17.5 Å². The monoisotopic (exact) mass is 407 g/mol. The molecule has 3 heterocycles. The van der Waals surface area contributed by atoms with Gasteiger partial charge in [0.25, 0.3) is 0 Å². The zero-order valence-corrected chi connectivity index (χ0v) is 16.4. The van der Waals surface area contributed by atoms with E-state index in [4.69, 9.17) is 4.74 Å². The van der Waals surface area contributed by atoms with Crippen LogP contribution in [0, 0.1) is 0 Å². The Morgan fingerprint density at radius 3 is 2.55 bits per heavy atom. The van der Waals surface area contributed by atoms with E-state index >= 15 is 0 Å². The van der Waals surface area contributed by atoms with Gasteiger partial charge in [0.05, 0.1) is 17.2 Å². The van der Waals surface area contributed by atoms with Crippen molar-refractivity contribution in [3.05, 3.63) is 47.8 Å². The van der Waals surface area contributed by atoms with Gasteiger partial charge in [-0.05, 0) is 44.9 Å². The molecule has 0 atom stereocenters. The molecule has 0 bridgehead atoms. The summed E-state index contributed by atoms with van der Waals surface area (Å²) in [6.07, 6.45) is 3.20. The van der Waals surface area contributed by atoms with E-state index in [0.717, 1.165) is 24.3 Å². The van der Waals surface area contributed by atoms with Gasteiger partial charge in [0, 0.05) is 42.6 Å². The molecule has 2 aliphatic rings. The topological polar surface area (TPSA) is 50.5 Å². The number of hydrogen-bond acceptors (Lipinski definition) is 4. The Balaban J connectivity index is 1.83. The molecule has 2 aromatic rings. The summed E-state index contributed by atoms with van der Waals surface area (Å²) < 4.78 is 48.2. The summed E-state index contributed by atoms with van der Waals surface area (Å²) >= 11 is 0. The average Bonchev–Trinajstić information content (AvgIpc) is 3.09. The summed E-state index contributed by atoms with van der Waals surface area (Å²) in [6.45, 7) is 4.56. The predicted molar refractivity (Wildman–Crippen MR) is 105 cm³/mol. The molecule has 0 aliphatic carbocycles. The highest BCUT2D eigenvalue weighted by Crippen LogP contribution is 2.40. The molecule has 0 spiro atoms. The highest BCUT2D eigenvalue weighted by Gasteiger charge is 2.40. The van der Waals surface area contributed by atoms with E-state index in [-0.39, 0.29) is 12.6 Å². The van der Waals surface area contributed by atoms with Gasteiger partial charge in [-0.25, -0.2) is 0 Å². The lowest BCUT2D eigenvalue weighted by atomic mass is 9.94. The Morgan fingerprint density at radius 1 is 1.17 bits per heavy atom. The molecule has 2 aliphatic heterocycles. The van der Waals surface area contributed by atoms with Gasteiger partial charge < -0.3 is 14.7 Å².